The molecular formula is C9H12ClN3O. The van der Waals surface area contributed by atoms with Gasteiger partial charge in [-0.25, -0.2) is 4.98 Å². The zero-order valence-electron chi connectivity index (χ0n) is 7.74. The van der Waals surface area contributed by atoms with Crippen LogP contribution < -0.4 is 11.3 Å². The summed E-state index contributed by atoms with van der Waals surface area (Å²) in [5.74, 6) is 0. The van der Waals surface area contributed by atoms with Crippen LogP contribution in [0.25, 0.3) is 0 Å². The van der Waals surface area contributed by atoms with Crippen LogP contribution in [-0.4, -0.2) is 9.55 Å². The van der Waals surface area contributed by atoms with Crippen LogP contribution in [0.1, 0.15) is 31.7 Å². The van der Waals surface area contributed by atoms with Gasteiger partial charge >= 0.3 is 0 Å². The summed E-state index contributed by atoms with van der Waals surface area (Å²) in [4.78, 5) is 15.6. The van der Waals surface area contributed by atoms with Gasteiger partial charge in [-0.05, 0) is 12.8 Å². The first-order valence-electron chi connectivity index (χ1n) is 4.72. The van der Waals surface area contributed by atoms with E-state index in [1.165, 1.54) is 19.2 Å². The van der Waals surface area contributed by atoms with Gasteiger partial charge in [0, 0.05) is 6.04 Å². The standard InChI is InChI=1S/C9H12ClN3O/c10-8-7(11)9(14)13(5-12-8)6-3-1-2-4-6/h5-6H,1-4,11H2. The Hall–Kier alpha value is -1.03. The third-order valence-electron chi connectivity index (χ3n) is 2.70. The van der Waals surface area contributed by atoms with Gasteiger partial charge in [-0.3, -0.25) is 9.36 Å². The molecule has 0 amide bonds. The number of rotatable bonds is 1. The van der Waals surface area contributed by atoms with Gasteiger partial charge in [0.1, 0.15) is 5.69 Å². The molecule has 0 bridgehead atoms. The molecule has 14 heavy (non-hydrogen) atoms. The van der Waals surface area contributed by atoms with Crippen molar-refractivity contribution < 1.29 is 0 Å². The summed E-state index contributed by atoms with van der Waals surface area (Å²) < 4.78 is 1.61. The van der Waals surface area contributed by atoms with E-state index in [0.29, 0.717) is 0 Å². The van der Waals surface area contributed by atoms with Crippen molar-refractivity contribution in [1.82, 2.24) is 9.55 Å². The Labute approximate surface area is 86.7 Å². The molecule has 1 saturated carbocycles. The number of nitrogens with zero attached hydrogens (tertiary/aromatic N) is 2. The monoisotopic (exact) mass is 213 g/mol. The first-order valence-corrected chi connectivity index (χ1v) is 5.10. The lowest BCUT2D eigenvalue weighted by atomic mass is 10.2. The Morgan fingerprint density at radius 2 is 2.14 bits per heavy atom. The molecule has 76 valence electrons. The van der Waals surface area contributed by atoms with E-state index < -0.39 is 0 Å². The molecule has 1 aromatic rings. The molecule has 4 nitrogen and oxygen atoms in total. The van der Waals surface area contributed by atoms with Crippen LogP contribution in [0.3, 0.4) is 0 Å². The molecule has 1 aliphatic rings. The van der Waals surface area contributed by atoms with Gasteiger partial charge in [0.25, 0.3) is 5.56 Å². The molecular weight excluding hydrogens is 202 g/mol. The predicted octanol–water partition coefficient (Wildman–Crippen LogP) is 1.59. The highest BCUT2D eigenvalue weighted by atomic mass is 35.5. The fourth-order valence-electron chi connectivity index (χ4n) is 1.90. The minimum atomic E-state index is -0.211. The van der Waals surface area contributed by atoms with Crippen LogP contribution in [-0.2, 0) is 0 Å². The van der Waals surface area contributed by atoms with E-state index in [2.05, 4.69) is 4.98 Å². The van der Waals surface area contributed by atoms with E-state index >= 15 is 0 Å². The second-order valence-electron chi connectivity index (χ2n) is 3.60. The van der Waals surface area contributed by atoms with Gasteiger partial charge in [-0.1, -0.05) is 24.4 Å². The largest absolute Gasteiger partial charge is 0.392 e. The summed E-state index contributed by atoms with van der Waals surface area (Å²) in [7, 11) is 0. The fourth-order valence-corrected chi connectivity index (χ4v) is 2.03. The lowest BCUT2D eigenvalue weighted by Gasteiger charge is -2.13. The van der Waals surface area contributed by atoms with Crippen molar-refractivity contribution in [3.05, 3.63) is 21.8 Å². The second kappa shape index (κ2) is 3.61. The molecule has 1 fully saturated rings. The maximum absolute atomic E-state index is 11.7. The molecule has 0 unspecified atom stereocenters. The topological polar surface area (TPSA) is 60.9 Å². The van der Waals surface area contributed by atoms with Crippen molar-refractivity contribution in [2.45, 2.75) is 31.7 Å². The zero-order valence-corrected chi connectivity index (χ0v) is 8.50. The van der Waals surface area contributed by atoms with Gasteiger partial charge in [0.05, 0.1) is 6.33 Å². The number of anilines is 1. The molecule has 0 atom stereocenters. The number of aromatic nitrogens is 2. The Kier molecular flexibility index (Phi) is 2.46. The molecule has 0 spiro atoms. The first-order chi connectivity index (χ1) is 6.70. The van der Waals surface area contributed by atoms with Crippen molar-refractivity contribution in [3.8, 4) is 0 Å². The number of nitrogen functional groups attached to an aromatic ring is 1. The summed E-state index contributed by atoms with van der Waals surface area (Å²) in [6.07, 6.45) is 5.89. The fraction of sp³-hybridized carbons (Fsp3) is 0.556. The summed E-state index contributed by atoms with van der Waals surface area (Å²) in [6.45, 7) is 0. The Balaban J connectivity index is 2.44. The molecule has 1 aliphatic carbocycles. The Bertz CT molecular complexity index is 396. The van der Waals surface area contributed by atoms with E-state index in [9.17, 15) is 4.79 Å². The highest BCUT2D eigenvalue weighted by molar-refractivity contribution is 6.31. The SMILES string of the molecule is Nc1c(Cl)ncn(C2CCCC2)c1=O. The number of hydrogen-bond acceptors (Lipinski definition) is 3. The van der Waals surface area contributed by atoms with E-state index in [0.717, 1.165) is 12.8 Å². The van der Waals surface area contributed by atoms with Crippen LogP contribution in [0, 0.1) is 0 Å². The van der Waals surface area contributed by atoms with Gasteiger partial charge < -0.3 is 5.73 Å². The van der Waals surface area contributed by atoms with Crippen LogP contribution >= 0.6 is 11.6 Å². The van der Waals surface area contributed by atoms with E-state index in [-0.39, 0.29) is 22.4 Å². The minimum absolute atomic E-state index is 0.0565. The van der Waals surface area contributed by atoms with Gasteiger partial charge in [-0.15, -0.1) is 0 Å². The van der Waals surface area contributed by atoms with E-state index in [4.69, 9.17) is 17.3 Å². The average Bonchev–Trinajstić information content (AvgIpc) is 2.67. The molecule has 1 heterocycles. The maximum atomic E-state index is 11.7. The third kappa shape index (κ3) is 1.50. The van der Waals surface area contributed by atoms with Gasteiger partial charge in [0.15, 0.2) is 5.15 Å². The molecule has 0 radical (unpaired) electrons. The smallest absolute Gasteiger partial charge is 0.278 e. The van der Waals surface area contributed by atoms with Crippen molar-refractivity contribution in [2.24, 2.45) is 0 Å². The quantitative estimate of drug-likeness (QED) is 0.721. The first kappa shape index (κ1) is 9.52. The number of hydrogen-bond donors (Lipinski definition) is 1. The van der Waals surface area contributed by atoms with Crippen LogP contribution in [0.4, 0.5) is 5.69 Å². The minimum Gasteiger partial charge on any atom is -0.392 e. The summed E-state index contributed by atoms with van der Waals surface area (Å²) in [5.41, 5.74) is 5.37. The highest BCUT2D eigenvalue weighted by Gasteiger charge is 2.19. The molecule has 0 aromatic carbocycles. The van der Waals surface area contributed by atoms with Gasteiger partial charge in [-0.2, -0.15) is 0 Å². The summed E-state index contributed by atoms with van der Waals surface area (Å²) in [5, 5.41) is 0.101. The normalized spacial score (nSPS) is 17.5. The Morgan fingerprint density at radius 1 is 1.50 bits per heavy atom. The van der Waals surface area contributed by atoms with Crippen LogP contribution in [0.15, 0.2) is 11.1 Å². The number of halogens is 1. The van der Waals surface area contributed by atoms with Crippen LogP contribution in [0.2, 0.25) is 5.15 Å². The highest BCUT2D eigenvalue weighted by Crippen LogP contribution is 2.28. The maximum Gasteiger partial charge on any atom is 0.278 e. The molecule has 2 rings (SSSR count). The zero-order chi connectivity index (χ0) is 10.1. The van der Waals surface area contributed by atoms with E-state index in [1.807, 2.05) is 0 Å². The van der Waals surface area contributed by atoms with Crippen molar-refractivity contribution in [1.29, 1.82) is 0 Å². The second-order valence-corrected chi connectivity index (χ2v) is 3.96. The lowest BCUT2D eigenvalue weighted by molar-refractivity contribution is 0.496. The lowest BCUT2D eigenvalue weighted by Crippen LogP contribution is -2.26. The van der Waals surface area contributed by atoms with Gasteiger partial charge in [0.2, 0.25) is 0 Å². The predicted molar refractivity (Wildman–Crippen MR) is 55.4 cm³/mol. The molecule has 0 saturated heterocycles. The van der Waals surface area contributed by atoms with E-state index in [1.54, 1.807) is 4.57 Å². The van der Waals surface area contributed by atoms with Crippen molar-refractivity contribution in [2.75, 3.05) is 5.73 Å². The van der Waals surface area contributed by atoms with Crippen molar-refractivity contribution >= 4 is 17.3 Å². The van der Waals surface area contributed by atoms with Crippen molar-refractivity contribution in [3.63, 3.8) is 0 Å². The number of nitrogens with two attached hydrogens (primary N) is 1. The molecule has 5 heteroatoms. The summed E-state index contributed by atoms with van der Waals surface area (Å²) in [6, 6.07) is 0.259. The Morgan fingerprint density at radius 3 is 2.79 bits per heavy atom. The summed E-state index contributed by atoms with van der Waals surface area (Å²) >= 11 is 5.64. The molecule has 1 aromatic heterocycles. The third-order valence-corrected chi connectivity index (χ3v) is 3.00. The molecule has 0 aliphatic heterocycles. The average molecular weight is 214 g/mol. The molecule has 2 N–H and O–H groups in total. The van der Waals surface area contributed by atoms with Crippen LogP contribution in [0.5, 0.6) is 0 Å².